The zero-order valence-electron chi connectivity index (χ0n) is 15.6. The molecular formula is C20H24BrN3O. The second-order valence-electron chi connectivity index (χ2n) is 8.51. The van der Waals surface area contributed by atoms with Crippen molar-refractivity contribution in [3.8, 4) is 11.4 Å². The number of rotatable bonds is 1. The van der Waals surface area contributed by atoms with Gasteiger partial charge in [0.25, 0.3) is 0 Å². The number of phenolic OH excluding ortho intramolecular Hbond substituents is 1. The van der Waals surface area contributed by atoms with Gasteiger partial charge in [-0.2, -0.15) is 0 Å². The Morgan fingerprint density at radius 3 is 2.12 bits per heavy atom. The van der Waals surface area contributed by atoms with E-state index in [1.807, 2.05) is 24.3 Å². The Bertz CT molecular complexity index is 946. The van der Waals surface area contributed by atoms with Gasteiger partial charge in [-0.3, -0.25) is 0 Å². The quantitative estimate of drug-likeness (QED) is 0.586. The molecule has 0 fully saturated rings. The summed E-state index contributed by atoms with van der Waals surface area (Å²) >= 11 is 3.46. The van der Waals surface area contributed by atoms with Gasteiger partial charge < -0.3 is 5.11 Å². The van der Waals surface area contributed by atoms with Crippen molar-refractivity contribution in [3.05, 3.63) is 45.9 Å². The van der Waals surface area contributed by atoms with Crippen molar-refractivity contribution in [1.29, 1.82) is 0 Å². The smallest absolute Gasteiger partial charge is 0.146 e. The molecule has 0 atom stereocenters. The van der Waals surface area contributed by atoms with E-state index in [1.165, 1.54) is 4.80 Å². The number of hydrogen-bond donors (Lipinski definition) is 1. The Morgan fingerprint density at radius 1 is 0.880 bits per heavy atom. The van der Waals surface area contributed by atoms with Crippen LogP contribution in [-0.4, -0.2) is 20.1 Å². The Morgan fingerprint density at radius 2 is 1.52 bits per heavy atom. The molecule has 25 heavy (non-hydrogen) atoms. The molecule has 1 heterocycles. The molecule has 132 valence electrons. The highest BCUT2D eigenvalue weighted by molar-refractivity contribution is 9.10. The number of benzene rings is 2. The summed E-state index contributed by atoms with van der Waals surface area (Å²) in [7, 11) is 0. The van der Waals surface area contributed by atoms with Crippen molar-refractivity contribution in [2.75, 3.05) is 0 Å². The zero-order chi connectivity index (χ0) is 18.6. The maximum Gasteiger partial charge on any atom is 0.146 e. The molecule has 0 spiro atoms. The normalized spacial score (nSPS) is 12.8. The van der Waals surface area contributed by atoms with Crippen LogP contribution in [0.2, 0.25) is 0 Å². The first-order valence-electron chi connectivity index (χ1n) is 8.38. The predicted octanol–water partition coefficient (Wildman–Crippen LogP) is 5.48. The number of fused-ring (bicyclic) bond motifs is 1. The summed E-state index contributed by atoms with van der Waals surface area (Å²) in [6.07, 6.45) is 0. The highest BCUT2D eigenvalue weighted by Crippen LogP contribution is 2.39. The van der Waals surface area contributed by atoms with Crippen molar-refractivity contribution in [3.63, 3.8) is 0 Å². The first kappa shape index (κ1) is 17.9. The maximum atomic E-state index is 10.9. The summed E-state index contributed by atoms with van der Waals surface area (Å²) < 4.78 is 0.954. The molecule has 0 radical (unpaired) electrons. The minimum absolute atomic E-state index is 0.0436. The van der Waals surface area contributed by atoms with Crippen molar-refractivity contribution < 1.29 is 5.11 Å². The van der Waals surface area contributed by atoms with E-state index < -0.39 is 0 Å². The summed E-state index contributed by atoms with van der Waals surface area (Å²) in [5, 5.41) is 20.1. The SMILES string of the molecule is CC(C)(C)c1cc(-n2nc3ccc(Br)cc3n2)c(O)c(C(C)(C)C)c1. The third-order valence-electron chi connectivity index (χ3n) is 4.32. The average Bonchev–Trinajstić information content (AvgIpc) is 2.87. The van der Waals surface area contributed by atoms with Gasteiger partial charge in [-0.25, -0.2) is 0 Å². The lowest BCUT2D eigenvalue weighted by atomic mass is 9.80. The third-order valence-corrected chi connectivity index (χ3v) is 4.81. The van der Waals surface area contributed by atoms with E-state index in [9.17, 15) is 5.11 Å². The zero-order valence-corrected chi connectivity index (χ0v) is 17.1. The minimum Gasteiger partial charge on any atom is -0.505 e. The van der Waals surface area contributed by atoms with Crippen LogP contribution >= 0.6 is 15.9 Å². The molecule has 3 rings (SSSR count). The largest absolute Gasteiger partial charge is 0.505 e. The van der Waals surface area contributed by atoms with Crippen LogP contribution in [0.4, 0.5) is 0 Å². The van der Waals surface area contributed by atoms with Crippen molar-refractivity contribution in [1.82, 2.24) is 15.0 Å². The standard InChI is InChI=1S/C20H24BrN3O/c1-19(2,3)12-9-14(20(4,5)6)18(25)17(10-12)24-22-15-8-7-13(21)11-16(15)23-24/h7-11,25H,1-6H3. The molecule has 0 unspecified atom stereocenters. The van der Waals surface area contributed by atoms with E-state index in [0.29, 0.717) is 5.69 Å². The highest BCUT2D eigenvalue weighted by atomic mass is 79.9. The fraction of sp³-hybridized carbons (Fsp3) is 0.400. The molecule has 0 aliphatic heterocycles. The van der Waals surface area contributed by atoms with Crippen LogP contribution in [0.25, 0.3) is 16.7 Å². The van der Waals surface area contributed by atoms with E-state index >= 15 is 0 Å². The Balaban J connectivity index is 2.29. The Labute approximate surface area is 157 Å². The van der Waals surface area contributed by atoms with E-state index in [-0.39, 0.29) is 16.6 Å². The van der Waals surface area contributed by atoms with Gasteiger partial charge in [0.05, 0.1) is 0 Å². The van der Waals surface area contributed by atoms with Crippen molar-refractivity contribution >= 4 is 27.0 Å². The molecule has 0 aliphatic rings. The third kappa shape index (κ3) is 3.43. The molecular weight excluding hydrogens is 378 g/mol. The number of aromatic hydroxyl groups is 1. The summed E-state index contributed by atoms with van der Waals surface area (Å²) in [5.41, 5.74) is 4.01. The van der Waals surface area contributed by atoms with Crippen LogP contribution in [0.15, 0.2) is 34.8 Å². The van der Waals surface area contributed by atoms with Crippen LogP contribution < -0.4 is 0 Å². The first-order chi connectivity index (χ1) is 11.5. The van der Waals surface area contributed by atoms with Gasteiger partial charge >= 0.3 is 0 Å². The summed E-state index contributed by atoms with van der Waals surface area (Å²) in [5.74, 6) is 0.236. The van der Waals surface area contributed by atoms with Crippen LogP contribution in [0.1, 0.15) is 52.7 Å². The molecule has 1 aromatic heterocycles. The lowest BCUT2D eigenvalue weighted by molar-refractivity contribution is 0.438. The van der Waals surface area contributed by atoms with Gasteiger partial charge in [-0.05, 0) is 40.7 Å². The van der Waals surface area contributed by atoms with Gasteiger partial charge in [0, 0.05) is 10.0 Å². The van der Waals surface area contributed by atoms with Crippen LogP contribution in [0, 0.1) is 0 Å². The fourth-order valence-corrected chi connectivity index (χ4v) is 3.12. The number of aromatic nitrogens is 3. The maximum absolute atomic E-state index is 10.9. The monoisotopic (exact) mass is 401 g/mol. The molecule has 5 heteroatoms. The second-order valence-corrected chi connectivity index (χ2v) is 9.43. The molecule has 0 saturated heterocycles. The van der Waals surface area contributed by atoms with Gasteiger partial charge in [-0.1, -0.05) is 63.5 Å². The highest BCUT2D eigenvalue weighted by Gasteiger charge is 2.26. The van der Waals surface area contributed by atoms with Crippen LogP contribution in [0.3, 0.4) is 0 Å². The first-order valence-corrected chi connectivity index (χ1v) is 9.17. The molecule has 2 aromatic carbocycles. The van der Waals surface area contributed by atoms with Gasteiger partial charge in [0.15, 0.2) is 0 Å². The molecule has 4 nitrogen and oxygen atoms in total. The predicted molar refractivity (Wildman–Crippen MR) is 106 cm³/mol. The number of nitrogens with zero attached hydrogens (tertiary/aromatic N) is 3. The lowest BCUT2D eigenvalue weighted by Crippen LogP contribution is -2.18. The second kappa shape index (κ2) is 5.84. The van der Waals surface area contributed by atoms with E-state index in [0.717, 1.165) is 26.6 Å². The van der Waals surface area contributed by atoms with Gasteiger partial charge in [-0.15, -0.1) is 15.0 Å². The summed E-state index contributed by atoms with van der Waals surface area (Å²) in [6, 6.07) is 9.86. The number of hydrogen-bond acceptors (Lipinski definition) is 3. The molecule has 0 aliphatic carbocycles. The summed E-state index contributed by atoms with van der Waals surface area (Å²) in [6.45, 7) is 12.8. The van der Waals surface area contributed by atoms with E-state index in [4.69, 9.17) is 0 Å². The van der Waals surface area contributed by atoms with Crippen LogP contribution in [-0.2, 0) is 10.8 Å². The molecule has 0 amide bonds. The van der Waals surface area contributed by atoms with E-state index in [2.05, 4.69) is 73.7 Å². The lowest BCUT2D eigenvalue weighted by Gasteiger charge is -2.27. The minimum atomic E-state index is -0.185. The number of phenols is 1. The number of halogens is 1. The average molecular weight is 402 g/mol. The molecule has 0 saturated carbocycles. The molecule has 0 bridgehead atoms. The van der Waals surface area contributed by atoms with Gasteiger partial charge in [0.2, 0.25) is 0 Å². The van der Waals surface area contributed by atoms with Crippen molar-refractivity contribution in [2.24, 2.45) is 0 Å². The van der Waals surface area contributed by atoms with Crippen molar-refractivity contribution in [2.45, 2.75) is 52.4 Å². The topological polar surface area (TPSA) is 50.9 Å². The van der Waals surface area contributed by atoms with Gasteiger partial charge in [0.1, 0.15) is 22.5 Å². The van der Waals surface area contributed by atoms with Crippen LogP contribution in [0.5, 0.6) is 5.75 Å². The Kier molecular flexibility index (Phi) is 4.18. The fourth-order valence-electron chi connectivity index (χ4n) is 2.77. The molecule has 1 N–H and O–H groups in total. The molecule has 3 aromatic rings. The van der Waals surface area contributed by atoms with E-state index in [1.54, 1.807) is 0 Å². The summed E-state index contributed by atoms with van der Waals surface area (Å²) in [4.78, 5) is 1.54. The Hall–Kier alpha value is -1.88.